The van der Waals surface area contributed by atoms with E-state index < -0.39 is 0 Å². The van der Waals surface area contributed by atoms with Crippen molar-refractivity contribution in [3.8, 4) is 11.5 Å². The van der Waals surface area contributed by atoms with Gasteiger partial charge < -0.3 is 24.7 Å². The van der Waals surface area contributed by atoms with E-state index in [1.807, 2.05) is 67.3 Å². The van der Waals surface area contributed by atoms with Gasteiger partial charge >= 0.3 is 0 Å². The van der Waals surface area contributed by atoms with E-state index in [2.05, 4.69) is 15.6 Å². The van der Waals surface area contributed by atoms with Crippen LogP contribution in [0.1, 0.15) is 24.5 Å². The van der Waals surface area contributed by atoms with Crippen LogP contribution in [0.15, 0.2) is 55.1 Å². The van der Waals surface area contributed by atoms with E-state index in [1.54, 1.807) is 6.20 Å². The Hall–Kier alpha value is -3.03. The number of aryl methyl sites for hydroxylation is 2. The minimum absolute atomic E-state index is 0.167. The molecule has 0 saturated carbocycles. The second-order valence-electron chi connectivity index (χ2n) is 7.37. The van der Waals surface area contributed by atoms with Crippen molar-refractivity contribution in [2.75, 3.05) is 25.1 Å². The fraction of sp³-hybridized carbons (Fsp3) is 0.333. The van der Waals surface area contributed by atoms with Crippen molar-refractivity contribution in [3.05, 3.63) is 71.3 Å². The van der Waals surface area contributed by atoms with Crippen molar-refractivity contribution in [3.63, 3.8) is 0 Å². The van der Waals surface area contributed by atoms with Gasteiger partial charge in [-0.15, -0.1) is 0 Å². The first kappa shape index (κ1) is 23.6. The van der Waals surface area contributed by atoms with E-state index in [-0.39, 0.29) is 12.5 Å². The minimum Gasteiger partial charge on any atom is -0.490 e. The van der Waals surface area contributed by atoms with E-state index in [9.17, 15) is 4.79 Å². The highest BCUT2D eigenvalue weighted by Crippen LogP contribution is 2.36. The second kappa shape index (κ2) is 12.1. The first-order valence-corrected chi connectivity index (χ1v) is 11.0. The smallest absolute Gasteiger partial charge is 0.262 e. The fourth-order valence-corrected chi connectivity index (χ4v) is 3.42. The molecule has 2 aromatic carbocycles. The highest BCUT2D eigenvalue weighted by atomic mass is 35.5. The number of halogens is 1. The van der Waals surface area contributed by atoms with E-state index in [1.165, 1.54) is 0 Å². The van der Waals surface area contributed by atoms with Crippen molar-refractivity contribution < 1.29 is 14.3 Å². The van der Waals surface area contributed by atoms with Gasteiger partial charge in [-0.05, 0) is 56.6 Å². The molecule has 1 amide bonds. The topological polar surface area (TPSA) is 77.4 Å². The SMILES string of the molecule is CCOc1cc(CNCCCn2ccnc2)cc(Cl)c1OCC(=O)Nc1ccc(C)cc1. The minimum atomic E-state index is -0.268. The van der Waals surface area contributed by atoms with Crippen LogP contribution < -0.4 is 20.1 Å². The molecule has 0 aliphatic heterocycles. The number of ether oxygens (including phenoxy) is 2. The van der Waals surface area contributed by atoms with Crippen LogP contribution in [0.25, 0.3) is 0 Å². The number of benzene rings is 2. The third-order valence-corrected chi connectivity index (χ3v) is 4.99. The maximum absolute atomic E-state index is 12.3. The Morgan fingerprint density at radius 3 is 2.72 bits per heavy atom. The molecular formula is C24H29ClN4O3. The van der Waals surface area contributed by atoms with Gasteiger partial charge in [0.15, 0.2) is 18.1 Å². The predicted molar refractivity (Wildman–Crippen MR) is 126 cm³/mol. The number of anilines is 1. The normalized spacial score (nSPS) is 10.7. The number of aromatic nitrogens is 2. The van der Waals surface area contributed by atoms with Gasteiger partial charge in [-0.3, -0.25) is 4.79 Å². The fourth-order valence-electron chi connectivity index (χ4n) is 3.14. The second-order valence-corrected chi connectivity index (χ2v) is 7.78. The molecule has 0 radical (unpaired) electrons. The summed E-state index contributed by atoms with van der Waals surface area (Å²) >= 11 is 6.46. The summed E-state index contributed by atoms with van der Waals surface area (Å²) in [5.41, 5.74) is 2.83. The molecule has 0 aliphatic carbocycles. The third kappa shape index (κ3) is 7.28. The molecule has 0 atom stereocenters. The van der Waals surface area contributed by atoms with Gasteiger partial charge in [0.1, 0.15) is 0 Å². The molecule has 170 valence electrons. The van der Waals surface area contributed by atoms with Gasteiger partial charge in [0, 0.05) is 31.2 Å². The zero-order chi connectivity index (χ0) is 22.8. The summed E-state index contributed by atoms with van der Waals surface area (Å²) in [6.07, 6.45) is 6.53. The Morgan fingerprint density at radius 2 is 2.00 bits per heavy atom. The molecule has 3 rings (SSSR count). The average Bonchev–Trinajstić information content (AvgIpc) is 3.28. The zero-order valence-corrected chi connectivity index (χ0v) is 19.2. The lowest BCUT2D eigenvalue weighted by Crippen LogP contribution is -2.20. The molecule has 0 spiro atoms. The highest BCUT2D eigenvalue weighted by molar-refractivity contribution is 6.32. The van der Waals surface area contributed by atoms with Crippen LogP contribution in [0.2, 0.25) is 5.02 Å². The lowest BCUT2D eigenvalue weighted by molar-refractivity contribution is -0.118. The molecule has 1 aromatic heterocycles. The monoisotopic (exact) mass is 456 g/mol. The first-order chi connectivity index (χ1) is 15.5. The summed E-state index contributed by atoms with van der Waals surface area (Å²) in [6, 6.07) is 11.3. The van der Waals surface area contributed by atoms with Crippen LogP contribution in [0.3, 0.4) is 0 Å². The van der Waals surface area contributed by atoms with Crippen molar-refractivity contribution in [2.24, 2.45) is 0 Å². The number of nitrogens with zero attached hydrogens (tertiary/aromatic N) is 2. The van der Waals surface area contributed by atoms with Gasteiger partial charge in [-0.25, -0.2) is 4.98 Å². The highest BCUT2D eigenvalue weighted by Gasteiger charge is 2.14. The number of imidazole rings is 1. The number of rotatable bonds is 12. The Morgan fingerprint density at radius 1 is 1.19 bits per heavy atom. The number of carbonyl (C=O) groups excluding carboxylic acids is 1. The van der Waals surface area contributed by atoms with E-state index >= 15 is 0 Å². The van der Waals surface area contributed by atoms with Gasteiger partial charge in [0.25, 0.3) is 5.91 Å². The summed E-state index contributed by atoms with van der Waals surface area (Å²) in [7, 11) is 0. The van der Waals surface area contributed by atoms with Gasteiger partial charge in [0.05, 0.1) is 18.0 Å². The summed E-state index contributed by atoms with van der Waals surface area (Å²) in [5.74, 6) is 0.630. The van der Waals surface area contributed by atoms with Crippen LogP contribution >= 0.6 is 11.6 Å². The number of amides is 1. The maximum Gasteiger partial charge on any atom is 0.262 e. The number of nitrogens with one attached hydrogen (secondary N) is 2. The molecule has 0 aliphatic rings. The van der Waals surface area contributed by atoms with Crippen molar-refractivity contribution in [2.45, 2.75) is 33.4 Å². The van der Waals surface area contributed by atoms with Crippen LogP contribution in [0.4, 0.5) is 5.69 Å². The number of carbonyl (C=O) groups is 1. The third-order valence-electron chi connectivity index (χ3n) is 4.71. The molecule has 3 aromatic rings. The average molecular weight is 457 g/mol. The zero-order valence-electron chi connectivity index (χ0n) is 18.4. The summed E-state index contributed by atoms with van der Waals surface area (Å²) < 4.78 is 13.5. The van der Waals surface area contributed by atoms with Crippen LogP contribution in [-0.4, -0.2) is 35.2 Å². The lowest BCUT2D eigenvalue weighted by atomic mass is 10.2. The van der Waals surface area contributed by atoms with E-state index in [0.29, 0.717) is 29.7 Å². The van der Waals surface area contributed by atoms with Crippen molar-refractivity contribution in [1.82, 2.24) is 14.9 Å². The molecule has 8 heteroatoms. The summed E-state index contributed by atoms with van der Waals surface area (Å²) in [4.78, 5) is 16.3. The molecule has 0 unspecified atom stereocenters. The molecule has 0 saturated heterocycles. The predicted octanol–water partition coefficient (Wildman–Crippen LogP) is 4.44. The van der Waals surface area contributed by atoms with Crippen LogP contribution in [-0.2, 0) is 17.9 Å². The standard InChI is InChI=1S/C24H29ClN4O3/c1-3-31-22-14-19(15-26-9-4-11-29-12-10-27-17-29)13-21(25)24(22)32-16-23(30)28-20-7-5-18(2)6-8-20/h5-8,10,12-14,17,26H,3-4,9,11,15-16H2,1-2H3,(H,28,30). The maximum atomic E-state index is 12.3. The Bertz CT molecular complexity index is 991. The summed E-state index contributed by atoms with van der Waals surface area (Å²) in [6.45, 7) is 6.60. The quantitative estimate of drug-likeness (QED) is 0.394. The Kier molecular flexibility index (Phi) is 8.95. The number of hydrogen-bond acceptors (Lipinski definition) is 5. The van der Waals surface area contributed by atoms with Crippen molar-refractivity contribution >= 4 is 23.2 Å². The van der Waals surface area contributed by atoms with Crippen LogP contribution in [0, 0.1) is 6.92 Å². The Labute approximate surface area is 193 Å². The van der Waals surface area contributed by atoms with Crippen LogP contribution in [0.5, 0.6) is 11.5 Å². The Balaban J connectivity index is 1.53. The van der Waals surface area contributed by atoms with E-state index in [4.69, 9.17) is 21.1 Å². The molecule has 2 N–H and O–H groups in total. The summed E-state index contributed by atoms with van der Waals surface area (Å²) in [5, 5.41) is 6.63. The van der Waals surface area contributed by atoms with Gasteiger partial charge in [0.2, 0.25) is 0 Å². The molecule has 32 heavy (non-hydrogen) atoms. The van der Waals surface area contributed by atoms with Gasteiger partial charge in [-0.1, -0.05) is 29.3 Å². The number of hydrogen-bond donors (Lipinski definition) is 2. The molecule has 7 nitrogen and oxygen atoms in total. The van der Waals surface area contributed by atoms with E-state index in [0.717, 1.165) is 36.3 Å². The molecule has 1 heterocycles. The van der Waals surface area contributed by atoms with Gasteiger partial charge in [-0.2, -0.15) is 0 Å². The molecule has 0 fully saturated rings. The van der Waals surface area contributed by atoms with Crippen molar-refractivity contribution in [1.29, 1.82) is 0 Å². The lowest BCUT2D eigenvalue weighted by Gasteiger charge is -2.15. The molecular weight excluding hydrogens is 428 g/mol. The first-order valence-electron chi connectivity index (χ1n) is 10.7. The molecule has 0 bridgehead atoms. The largest absolute Gasteiger partial charge is 0.490 e.